The molecule has 1 aliphatic rings. The maximum atomic E-state index is 13.2. The highest BCUT2D eigenvalue weighted by Gasteiger charge is 2.21. The summed E-state index contributed by atoms with van der Waals surface area (Å²) >= 11 is 1.67. The summed E-state index contributed by atoms with van der Waals surface area (Å²) in [7, 11) is 0. The summed E-state index contributed by atoms with van der Waals surface area (Å²) < 4.78 is 1.45. The molecule has 0 unspecified atom stereocenters. The molecule has 0 radical (unpaired) electrons. The lowest BCUT2D eigenvalue weighted by Crippen LogP contribution is -2.30. The predicted octanol–water partition coefficient (Wildman–Crippen LogP) is 3.87. The van der Waals surface area contributed by atoms with Crippen molar-refractivity contribution in [3.8, 4) is 0 Å². The standard InChI is InChI=1S/C25H30N4O4S/c1-15(2)20-14-34-22(27-20)9-3-16-11-12-29-21(13-16)28-24(19(25(29)33)8-10-23(31)32)26-17-4-6-18(30)7-5-17/h8,10-15,17-18,26,30H,3-7,9H2,1-2H3,(H,31,32)/b10-8+. The van der Waals surface area contributed by atoms with Crippen molar-refractivity contribution >= 4 is 34.8 Å². The molecule has 8 nitrogen and oxygen atoms in total. The number of carbonyl (C=O) groups is 1. The maximum absolute atomic E-state index is 13.2. The number of hydrogen-bond acceptors (Lipinski definition) is 7. The lowest BCUT2D eigenvalue weighted by molar-refractivity contribution is -0.131. The first kappa shape index (κ1) is 24.1. The number of aryl methyl sites for hydroxylation is 2. The van der Waals surface area contributed by atoms with Crippen LogP contribution in [0.1, 0.15) is 67.3 Å². The van der Waals surface area contributed by atoms with Gasteiger partial charge in [-0.3, -0.25) is 9.20 Å². The van der Waals surface area contributed by atoms with Crippen molar-refractivity contribution in [2.75, 3.05) is 5.32 Å². The van der Waals surface area contributed by atoms with Crippen molar-refractivity contribution in [3.05, 3.63) is 62.0 Å². The van der Waals surface area contributed by atoms with Gasteiger partial charge in [0.15, 0.2) is 0 Å². The number of thiazole rings is 1. The highest BCUT2D eigenvalue weighted by atomic mass is 32.1. The van der Waals surface area contributed by atoms with Crippen LogP contribution in [0, 0.1) is 0 Å². The number of nitrogens with zero attached hydrogens (tertiary/aromatic N) is 3. The van der Waals surface area contributed by atoms with Gasteiger partial charge in [0.25, 0.3) is 5.56 Å². The number of aliphatic carboxylic acids is 1. The van der Waals surface area contributed by atoms with Crippen molar-refractivity contribution in [3.63, 3.8) is 0 Å². The van der Waals surface area contributed by atoms with E-state index in [1.807, 2.05) is 12.1 Å². The molecule has 9 heteroatoms. The van der Waals surface area contributed by atoms with Crippen LogP contribution in [0.5, 0.6) is 0 Å². The highest BCUT2D eigenvalue weighted by Crippen LogP contribution is 2.24. The third kappa shape index (κ3) is 5.71. The number of carboxylic acid groups (broad SMARTS) is 1. The Labute approximate surface area is 202 Å². The minimum absolute atomic E-state index is 0.0676. The van der Waals surface area contributed by atoms with Gasteiger partial charge in [-0.25, -0.2) is 14.8 Å². The van der Waals surface area contributed by atoms with Gasteiger partial charge in [0.2, 0.25) is 0 Å². The Morgan fingerprint density at radius 2 is 2.03 bits per heavy atom. The fraction of sp³-hybridized carbons (Fsp3) is 0.440. The third-order valence-electron chi connectivity index (χ3n) is 6.15. The van der Waals surface area contributed by atoms with Crippen LogP contribution in [-0.4, -0.2) is 42.7 Å². The highest BCUT2D eigenvalue weighted by molar-refractivity contribution is 7.09. The Kier molecular flexibility index (Phi) is 7.43. The molecule has 0 saturated heterocycles. The minimum atomic E-state index is -1.13. The number of hydrogen-bond donors (Lipinski definition) is 3. The fourth-order valence-corrected chi connectivity index (χ4v) is 5.09. The number of aromatic nitrogens is 3. The molecular formula is C25H30N4O4S. The van der Waals surface area contributed by atoms with E-state index in [0.29, 0.717) is 30.2 Å². The van der Waals surface area contributed by atoms with Crippen molar-refractivity contribution in [2.24, 2.45) is 0 Å². The van der Waals surface area contributed by atoms with Crippen molar-refractivity contribution < 1.29 is 15.0 Å². The molecule has 0 aromatic carbocycles. The molecule has 1 aliphatic carbocycles. The number of pyridine rings is 1. The Morgan fingerprint density at radius 3 is 2.71 bits per heavy atom. The average Bonchev–Trinajstić information content (AvgIpc) is 3.28. The smallest absolute Gasteiger partial charge is 0.328 e. The second-order valence-electron chi connectivity index (χ2n) is 9.08. The van der Waals surface area contributed by atoms with E-state index in [1.165, 1.54) is 10.5 Å². The summed E-state index contributed by atoms with van der Waals surface area (Å²) in [5.74, 6) is -0.346. The first-order valence-corrected chi connectivity index (χ1v) is 12.5. The molecule has 4 rings (SSSR count). The summed E-state index contributed by atoms with van der Waals surface area (Å²) in [6.07, 6.45) is 8.13. The molecule has 1 fully saturated rings. The maximum Gasteiger partial charge on any atom is 0.328 e. The third-order valence-corrected chi connectivity index (χ3v) is 7.08. The molecule has 0 atom stereocenters. The van der Waals surface area contributed by atoms with Crippen LogP contribution < -0.4 is 10.9 Å². The summed E-state index contributed by atoms with van der Waals surface area (Å²) in [5, 5.41) is 25.4. The number of rotatable bonds is 8. The Balaban J connectivity index is 1.62. The first-order chi connectivity index (χ1) is 16.3. The van der Waals surface area contributed by atoms with Gasteiger partial charge < -0.3 is 15.5 Å². The normalized spacial score (nSPS) is 18.7. The molecule has 3 heterocycles. The van der Waals surface area contributed by atoms with E-state index in [1.54, 1.807) is 17.5 Å². The Hall–Kier alpha value is -3.04. The second-order valence-corrected chi connectivity index (χ2v) is 10.0. The van der Waals surface area contributed by atoms with Gasteiger partial charge in [-0.15, -0.1) is 11.3 Å². The number of aliphatic hydroxyl groups excluding tert-OH is 1. The van der Waals surface area contributed by atoms with Gasteiger partial charge in [0.05, 0.1) is 22.4 Å². The van der Waals surface area contributed by atoms with Crippen LogP contribution in [0.15, 0.2) is 34.6 Å². The molecule has 34 heavy (non-hydrogen) atoms. The SMILES string of the molecule is CC(C)c1csc(CCc2ccn3c(=O)c(/C=C/C(=O)O)c(NC4CCC(O)CC4)nc3c2)n1. The molecule has 0 amide bonds. The van der Waals surface area contributed by atoms with Crippen LogP contribution in [0.4, 0.5) is 5.82 Å². The molecule has 180 valence electrons. The van der Waals surface area contributed by atoms with Crippen LogP contribution in [0.25, 0.3) is 11.7 Å². The van der Waals surface area contributed by atoms with E-state index in [9.17, 15) is 14.7 Å². The number of fused-ring (bicyclic) bond motifs is 1. The summed E-state index contributed by atoms with van der Waals surface area (Å²) in [6, 6.07) is 3.87. The molecule has 3 N–H and O–H groups in total. The van der Waals surface area contributed by atoms with Crippen LogP contribution >= 0.6 is 11.3 Å². The van der Waals surface area contributed by atoms with Crippen LogP contribution in [0.2, 0.25) is 0 Å². The number of carboxylic acids is 1. The molecule has 0 spiro atoms. The fourth-order valence-electron chi connectivity index (χ4n) is 4.13. The molecule has 0 aliphatic heterocycles. The van der Waals surface area contributed by atoms with E-state index in [4.69, 9.17) is 15.1 Å². The van der Waals surface area contributed by atoms with Crippen LogP contribution in [0.3, 0.4) is 0 Å². The lowest BCUT2D eigenvalue weighted by Gasteiger charge is -2.27. The van der Waals surface area contributed by atoms with E-state index in [-0.39, 0.29) is 23.3 Å². The van der Waals surface area contributed by atoms with Gasteiger partial charge >= 0.3 is 5.97 Å². The summed E-state index contributed by atoms with van der Waals surface area (Å²) in [5.41, 5.74) is 2.56. The van der Waals surface area contributed by atoms with Crippen molar-refractivity contribution in [1.29, 1.82) is 0 Å². The zero-order valence-corrected chi connectivity index (χ0v) is 20.2. The van der Waals surface area contributed by atoms with E-state index in [0.717, 1.165) is 48.0 Å². The van der Waals surface area contributed by atoms with Crippen LogP contribution in [-0.2, 0) is 17.6 Å². The minimum Gasteiger partial charge on any atom is -0.478 e. The van der Waals surface area contributed by atoms with Gasteiger partial charge in [-0.2, -0.15) is 0 Å². The average molecular weight is 483 g/mol. The first-order valence-electron chi connectivity index (χ1n) is 11.7. The molecular weight excluding hydrogens is 452 g/mol. The molecule has 1 saturated carbocycles. The predicted molar refractivity (Wildman–Crippen MR) is 134 cm³/mol. The van der Waals surface area contributed by atoms with Gasteiger partial charge in [-0.1, -0.05) is 13.8 Å². The Bertz CT molecular complexity index is 1260. The van der Waals surface area contributed by atoms with Crippen molar-refractivity contribution in [1.82, 2.24) is 14.4 Å². The largest absolute Gasteiger partial charge is 0.478 e. The van der Waals surface area contributed by atoms with E-state index < -0.39 is 5.97 Å². The van der Waals surface area contributed by atoms with Crippen molar-refractivity contribution in [2.45, 2.75) is 70.4 Å². The molecule has 3 aromatic heterocycles. The molecule has 3 aromatic rings. The Morgan fingerprint density at radius 1 is 1.26 bits per heavy atom. The van der Waals surface area contributed by atoms with Gasteiger partial charge in [-0.05, 0) is 61.8 Å². The lowest BCUT2D eigenvalue weighted by atomic mass is 9.93. The second kappa shape index (κ2) is 10.5. The number of anilines is 1. The zero-order valence-electron chi connectivity index (χ0n) is 19.4. The van der Waals surface area contributed by atoms with E-state index >= 15 is 0 Å². The zero-order chi connectivity index (χ0) is 24.2. The monoisotopic (exact) mass is 482 g/mol. The summed E-state index contributed by atoms with van der Waals surface area (Å²) in [6.45, 7) is 4.26. The van der Waals surface area contributed by atoms with Gasteiger partial charge in [0.1, 0.15) is 11.5 Å². The number of nitrogens with one attached hydrogen (secondary N) is 1. The number of aliphatic hydroxyl groups is 1. The molecule has 0 bridgehead atoms. The van der Waals surface area contributed by atoms with E-state index in [2.05, 4.69) is 24.5 Å². The topological polar surface area (TPSA) is 117 Å². The van der Waals surface area contributed by atoms with Gasteiger partial charge in [0, 0.05) is 30.1 Å². The summed E-state index contributed by atoms with van der Waals surface area (Å²) in [4.78, 5) is 33.7. The quantitative estimate of drug-likeness (QED) is 0.417.